The molecule has 0 spiro atoms. The Morgan fingerprint density at radius 2 is 1.39 bits per heavy atom. The van der Waals surface area contributed by atoms with Crippen LogP contribution in [0.15, 0.2) is 122 Å². The van der Waals surface area contributed by atoms with E-state index in [2.05, 4.69) is 46.4 Å². The van der Waals surface area contributed by atoms with Crippen molar-refractivity contribution in [2.45, 2.75) is 6.92 Å². The third kappa shape index (κ3) is 5.20. The second-order valence-corrected chi connectivity index (χ2v) is 9.72. The topological polar surface area (TPSA) is 44.2 Å². The van der Waals surface area contributed by atoms with Crippen LogP contribution >= 0.6 is 0 Å². The van der Waals surface area contributed by atoms with E-state index < -0.39 is 0 Å². The van der Waals surface area contributed by atoms with E-state index in [1.807, 2.05) is 98.0 Å². The van der Waals surface area contributed by atoms with E-state index in [1.165, 1.54) is 5.56 Å². The second-order valence-electron chi connectivity index (χ2n) is 9.72. The number of nitrogens with zero attached hydrogens (tertiary/aromatic N) is 2. The molecular weight excluding hydrogens is 683 g/mol. The molecule has 0 unspecified atom stereocenters. The normalized spacial score (nSPS) is 11.7. The van der Waals surface area contributed by atoms with E-state index in [0.717, 1.165) is 61.9 Å². The fourth-order valence-corrected chi connectivity index (χ4v) is 5.17. The van der Waals surface area contributed by atoms with Gasteiger partial charge in [0.05, 0.1) is 0 Å². The minimum absolute atomic E-state index is 0. The molecule has 0 atom stereocenters. The Kier molecular flexibility index (Phi) is 7.52. The summed E-state index contributed by atoms with van der Waals surface area (Å²) in [6.45, 7) is 2.10. The summed E-state index contributed by atoms with van der Waals surface area (Å²) in [6, 6.07) is 42.6. The fraction of sp³-hybridized carbons (Fsp3) is 0.0286. The number of aromatic nitrogens is 2. The van der Waals surface area contributed by atoms with Gasteiger partial charge < -0.3 is 19.4 Å². The van der Waals surface area contributed by atoms with Gasteiger partial charge in [0.15, 0.2) is 0 Å². The zero-order chi connectivity index (χ0) is 26.9. The van der Waals surface area contributed by atoms with E-state index >= 15 is 0 Å². The van der Waals surface area contributed by atoms with Crippen LogP contribution in [0.1, 0.15) is 5.56 Å². The number of rotatable bonds is 2. The summed E-state index contributed by atoms with van der Waals surface area (Å²) in [5, 5.41) is 0. The van der Waals surface area contributed by atoms with Crippen molar-refractivity contribution in [3.8, 4) is 45.5 Å². The molecule has 8 rings (SSSR count). The second kappa shape index (κ2) is 11.5. The summed E-state index contributed by atoms with van der Waals surface area (Å²) in [6.07, 6.45) is 3.67. The summed E-state index contributed by atoms with van der Waals surface area (Å²) < 4.78 is 12.4. The number of ether oxygens (including phenoxy) is 2. The molecule has 0 aliphatic carbocycles. The first-order valence-electron chi connectivity index (χ1n) is 13.2. The van der Waals surface area contributed by atoms with Crippen molar-refractivity contribution >= 4 is 23.1 Å². The van der Waals surface area contributed by atoms with Crippen molar-refractivity contribution in [2.24, 2.45) is 0 Å². The smallest absolute Gasteiger partial charge is 0.241 e. The first kappa shape index (κ1) is 26.7. The Bertz CT molecular complexity index is 1800. The van der Waals surface area contributed by atoms with Gasteiger partial charge in [-0.2, -0.15) is 0 Å². The van der Waals surface area contributed by atoms with Crippen molar-refractivity contribution in [1.82, 2.24) is 9.97 Å². The van der Waals surface area contributed by atoms with E-state index in [9.17, 15) is 0 Å². The van der Waals surface area contributed by atoms with E-state index in [-0.39, 0.29) is 26.8 Å². The maximum Gasteiger partial charge on any atom is 0.241 e. The molecule has 6 heteroatoms. The Morgan fingerprint density at radius 3 is 2.15 bits per heavy atom. The molecule has 0 saturated heterocycles. The van der Waals surface area contributed by atoms with Crippen LogP contribution in [0.25, 0.3) is 22.5 Å². The number of hydrogen-bond acceptors (Lipinski definition) is 4. The molecule has 0 amide bonds. The van der Waals surface area contributed by atoms with Crippen LogP contribution in [-0.2, 0) is 20.1 Å². The monoisotopic (exact) mass is 707 g/mol. The maximum absolute atomic E-state index is 6.20. The van der Waals surface area contributed by atoms with Crippen molar-refractivity contribution in [3.05, 3.63) is 139 Å². The van der Waals surface area contributed by atoms with Gasteiger partial charge in [0.1, 0.15) is 17.2 Å². The van der Waals surface area contributed by atoms with Crippen LogP contribution in [0.4, 0.5) is 0 Å². The van der Waals surface area contributed by atoms with Gasteiger partial charge in [0, 0.05) is 43.7 Å². The molecule has 1 radical (unpaired) electrons. The van der Waals surface area contributed by atoms with Crippen molar-refractivity contribution in [2.75, 3.05) is 0 Å². The molecule has 0 fully saturated rings. The third-order valence-corrected chi connectivity index (χ3v) is 7.08. The van der Waals surface area contributed by atoms with Gasteiger partial charge in [-0.25, -0.2) is 0 Å². The predicted molar refractivity (Wildman–Crippen MR) is 159 cm³/mol. The van der Waals surface area contributed by atoms with Crippen LogP contribution < -0.4 is 25.9 Å². The zero-order valence-corrected chi connectivity index (χ0v) is 24.6. The first-order valence-corrected chi connectivity index (χ1v) is 13.2. The number of fused-ring (bicyclic) bond motifs is 4. The predicted octanol–water partition coefficient (Wildman–Crippen LogP) is 6.13. The van der Waals surface area contributed by atoms with Gasteiger partial charge in [0.2, 0.25) is 6.71 Å². The Balaban J connectivity index is 0.000000183. The first-order chi connectivity index (χ1) is 19.7. The summed E-state index contributed by atoms with van der Waals surface area (Å²) >= 11 is 0. The number of para-hydroxylation sites is 1. The van der Waals surface area contributed by atoms with E-state index in [0.29, 0.717) is 0 Å². The largest absolute Gasteiger partial charge is 0.503 e. The Hall–Kier alpha value is -4.51. The third-order valence-electron chi connectivity index (χ3n) is 7.08. The molecule has 2 aromatic heterocycles. The summed E-state index contributed by atoms with van der Waals surface area (Å²) in [7, 11) is 0. The van der Waals surface area contributed by atoms with Crippen LogP contribution in [-0.4, -0.2) is 16.7 Å². The molecule has 4 aromatic carbocycles. The van der Waals surface area contributed by atoms with Gasteiger partial charge in [-0.15, -0.1) is 65.1 Å². The van der Waals surface area contributed by atoms with Gasteiger partial charge in [-0.1, -0.05) is 48.5 Å². The average molecular weight is 707 g/mol. The zero-order valence-electron chi connectivity index (χ0n) is 22.2. The molecule has 4 heterocycles. The number of benzene rings is 4. The number of hydrogen-bond donors (Lipinski definition) is 0. The van der Waals surface area contributed by atoms with E-state index in [4.69, 9.17) is 9.47 Å². The van der Waals surface area contributed by atoms with Crippen LogP contribution in [0.5, 0.6) is 23.0 Å². The SMILES string of the molecule is Cc1ccc(-c2[c-]cccc2)nc1.[Ir].[c-]1cc2c(cc1-c1ccccn1)B1c3ccccc3Oc3cccc(c31)O2. The molecule has 41 heavy (non-hydrogen) atoms. The quantitative estimate of drug-likeness (QED) is 0.160. The average Bonchev–Trinajstić information content (AvgIpc) is 3.02. The number of aryl methyl sites for hydroxylation is 1. The van der Waals surface area contributed by atoms with Crippen molar-refractivity contribution < 1.29 is 29.6 Å². The van der Waals surface area contributed by atoms with Gasteiger partial charge >= 0.3 is 0 Å². The fourth-order valence-electron chi connectivity index (χ4n) is 5.17. The number of pyridine rings is 2. The van der Waals surface area contributed by atoms with Gasteiger partial charge in [0.25, 0.3) is 0 Å². The van der Waals surface area contributed by atoms with Crippen LogP contribution in [0.3, 0.4) is 0 Å². The minimum atomic E-state index is 0. The minimum Gasteiger partial charge on any atom is -0.503 e. The standard InChI is InChI=1S/C23H13BNO2.C12H10N.Ir/c1-2-8-19-16(6-1)24-17-14-15(18-7-3-4-13-25-18)11-12-20(17)27-22-10-5-9-21(26-19)23(22)24;1-10-7-8-12(13-9-10)11-5-3-2-4-6-11;/h1-10,12-14H;2-5,7-9H,1H3;/q2*-1;. The molecule has 4 nitrogen and oxygen atoms in total. The molecule has 2 aliphatic rings. The molecule has 0 bridgehead atoms. The van der Waals surface area contributed by atoms with Gasteiger partial charge in [-0.3, -0.25) is 0 Å². The summed E-state index contributed by atoms with van der Waals surface area (Å²) in [5.41, 5.74) is 8.42. The molecule has 2 aliphatic heterocycles. The maximum atomic E-state index is 6.20. The van der Waals surface area contributed by atoms with Gasteiger partial charge in [-0.05, 0) is 53.6 Å². The summed E-state index contributed by atoms with van der Waals surface area (Å²) in [4.78, 5) is 8.79. The van der Waals surface area contributed by atoms with Crippen LogP contribution in [0.2, 0.25) is 0 Å². The molecule has 0 saturated carbocycles. The van der Waals surface area contributed by atoms with Crippen LogP contribution in [0, 0.1) is 19.1 Å². The summed E-state index contributed by atoms with van der Waals surface area (Å²) in [5.74, 6) is 3.43. The molecule has 0 N–H and O–H groups in total. The Labute approximate surface area is 253 Å². The molecule has 199 valence electrons. The molecular formula is C35H23BIrN2O2-2. The van der Waals surface area contributed by atoms with E-state index in [1.54, 1.807) is 6.20 Å². The van der Waals surface area contributed by atoms with Crippen molar-refractivity contribution in [3.63, 3.8) is 0 Å². The van der Waals surface area contributed by atoms with Crippen molar-refractivity contribution in [1.29, 1.82) is 0 Å². The molecule has 6 aromatic rings. The Morgan fingerprint density at radius 1 is 0.634 bits per heavy atom.